The Kier molecular flexibility index (Phi) is 4.14. The molecule has 1 unspecified atom stereocenters. The van der Waals surface area contributed by atoms with Gasteiger partial charge in [0.25, 0.3) is 0 Å². The predicted molar refractivity (Wildman–Crippen MR) is 98.6 cm³/mol. The molecule has 0 aliphatic heterocycles. The van der Waals surface area contributed by atoms with Gasteiger partial charge in [-0.25, -0.2) is 4.79 Å². The Morgan fingerprint density at radius 2 is 1.96 bits per heavy atom. The second-order valence-electron chi connectivity index (χ2n) is 6.31. The minimum Gasteiger partial charge on any atom is -0.421 e. The molecule has 0 saturated carbocycles. The Morgan fingerprint density at radius 3 is 2.77 bits per heavy atom. The molecule has 4 aromatic rings. The quantitative estimate of drug-likeness (QED) is 0.514. The van der Waals surface area contributed by atoms with E-state index in [1.807, 2.05) is 36.4 Å². The SMILES string of the molecule is Cc1nnc(-c2cccc(CNC(C)c3ccc4[nH]c(=O)[nH]c4c3)c2)o1. The highest BCUT2D eigenvalue weighted by Crippen LogP contribution is 2.20. The molecule has 132 valence electrons. The fraction of sp³-hybridized carbons (Fsp3) is 0.211. The number of rotatable bonds is 5. The molecule has 1 atom stereocenters. The molecule has 3 N–H and O–H groups in total. The van der Waals surface area contributed by atoms with E-state index in [9.17, 15) is 4.79 Å². The first-order valence-electron chi connectivity index (χ1n) is 8.43. The molecule has 0 amide bonds. The van der Waals surface area contributed by atoms with E-state index in [0.717, 1.165) is 27.7 Å². The van der Waals surface area contributed by atoms with Crippen molar-refractivity contribution in [2.45, 2.75) is 26.4 Å². The summed E-state index contributed by atoms with van der Waals surface area (Å²) in [5.74, 6) is 1.08. The average molecular weight is 349 g/mol. The largest absolute Gasteiger partial charge is 0.421 e. The number of aromatic nitrogens is 4. The molecule has 4 rings (SSSR count). The fourth-order valence-electron chi connectivity index (χ4n) is 2.94. The minimum atomic E-state index is -0.189. The van der Waals surface area contributed by atoms with E-state index < -0.39 is 0 Å². The van der Waals surface area contributed by atoms with E-state index in [-0.39, 0.29) is 11.7 Å². The first kappa shape index (κ1) is 16.3. The van der Waals surface area contributed by atoms with Crippen molar-refractivity contribution < 1.29 is 4.42 Å². The van der Waals surface area contributed by atoms with Crippen LogP contribution in [0.4, 0.5) is 0 Å². The zero-order valence-corrected chi connectivity index (χ0v) is 14.5. The Hall–Kier alpha value is -3.19. The lowest BCUT2D eigenvalue weighted by atomic mass is 10.1. The van der Waals surface area contributed by atoms with E-state index >= 15 is 0 Å². The zero-order chi connectivity index (χ0) is 18.1. The number of aromatic amines is 2. The molecule has 7 heteroatoms. The van der Waals surface area contributed by atoms with Crippen LogP contribution >= 0.6 is 0 Å². The summed E-state index contributed by atoms with van der Waals surface area (Å²) in [7, 11) is 0. The third kappa shape index (κ3) is 3.29. The van der Waals surface area contributed by atoms with Crippen molar-refractivity contribution >= 4 is 11.0 Å². The average Bonchev–Trinajstić information content (AvgIpc) is 3.23. The summed E-state index contributed by atoms with van der Waals surface area (Å²) in [4.78, 5) is 16.9. The lowest BCUT2D eigenvalue weighted by molar-refractivity contribution is 0.532. The fourth-order valence-corrected chi connectivity index (χ4v) is 2.94. The zero-order valence-electron chi connectivity index (χ0n) is 14.5. The van der Waals surface area contributed by atoms with Crippen molar-refractivity contribution in [1.82, 2.24) is 25.5 Å². The van der Waals surface area contributed by atoms with Gasteiger partial charge >= 0.3 is 5.69 Å². The maximum atomic E-state index is 11.4. The van der Waals surface area contributed by atoms with Crippen LogP contribution in [0.1, 0.15) is 30.0 Å². The van der Waals surface area contributed by atoms with Crippen LogP contribution in [-0.4, -0.2) is 20.2 Å². The van der Waals surface area contributed by atoms with Gasteiger partial charge in [-0.3, -0.25) is 0 Å². The molecule has 0 fully saturated rings. The summed E-state index contributed by atoms with van der Waals surface area (Å²) >= 11 is 0. The number of imidazole rings is 1. The van der Waals surface area contributed by atoms with Crippen molar-refractivity contribution in [1.29, 1.82) is 0 Å². The van der Waals surface area contributed by atoms with Gasteiger partial charge in [0.05, 0.1) is 11.0 Å². The number of benzene rings is 2. The van der Waals surface area contributed by atoms with Crippen molar-refractivity contribution in [2.75, 3.05) is 0 Å². The van der Waals surface area contributed by atoms with Crippen LogP contribution in [0.15, 0.2) is 51.7 Å². The second kappa shape index (κ2) is 6.61. The van der Waals surface area contributed by atoms with Crippen LogP contribution in [0.5, 0.6) is 0 Å². The van der Waals surface area contributed by atoms with Gasteiger partial charge in [-0.15, -0.1) is 10.2 Å². The highest BCUT2D eigenvalue weighted by Gasteiger charge is 2.09. The van der Waals surface area contributed by atoms with E-state index in [1.54, 1.807) is 6.92 Å². The summed E-state index contributed by atoms with van der Waals surface area (Å²) in [6.07, 6.45) is 0. The maximum Gasteiger partial charge on any atom is 0.323 e. The number of fused-ring (bicyclic) bond motifs is 1. The van der Waals surface area contributed by atoms with Gasteiger partial charge < -0.3 is 19.7 Å². The first-order chi connectivity index (χ1) is 12.6. The molecule has 0 aliphatic carbocycles. The molecule has 0 bridgehead atoms. The van der Waals surface area contributed by atoms with Crippen LogP contribution in [0, 0.1) is 6.92 Å². The minimum absolute atomic E-state index is 0.132. The third-order valence-corrected chi connectivity index (χ3v) is 4.35. The molecule has 26 heavy (non-hydrogen) atoms. The van der Waals surface area contributed by atoms with E-state index in [4.69, 9.17) is 4.42 Å². The van der Waals surface area contributed by atoms with E-state index in [0.29, 0.717) is 18.3 Å². The van der Waals surface area contributed by atoms with E-state index in [2.05, 4.69) is 38.5 Å². The molecule has 0 radical (unpaired) electrons. The molecule has 0 aliphatic rings. The van der Waals surface area contributed by atoms with Gasteiger partial charge in [0.1, 0.15) is 0 Å². The molecule has 0 spiro atoms. The Morgan fingerprint density at radius 1 is 1.12 bits per heavy atom. The molecule has 2 aromatic heterocycles. The van der Waals surface area contributed by atoms with Gasteiger partial charge in [-0.1, -0.05) is 18.2 Å². The number of nitrogens with one attached hydrogen (secondary N) is 3. The number of hydrogen-bond donors (Lipinski definition) is 3. The normalized spacial score (nSPS) is 12.5. The van der Waals surface area contributed by atoms with E-state index in [1.165, 1.54) is 0 Å². The first-order valence-corrected chi connectivity index (χ1v) is 8.43. The Balaban J connectivity index is 1.48. The van der Waals surface area contributed by atoms with Gasteiger partial charge in [-0.05, 0) is 42.3 Å². The lowest BCUT2D eigenvalue weighted by Gasteiger charge is -2.14. The second-order valence-corrected chi connectivity index (χ2v) is 6.31. The molecule has 2 heterocycles. The summed E-state index contributed by atoms with van der Waals surface area (Å²) in [6, 6.07) is 14.1. The smallest absolute Gasteiger partial charge is 0.323 e. The number of nitrogens with zero attached hydrogens (tertiary/aromatic N) is 2. The van der Waals surface area contributed by atoms with Gasteiger partial charge in [0.15, 0.2) is 0 Å². The van der Waals surface area contributed by atoms with Gasteiger partial charge in [-0.2, -0.15) is 0 Å². The topological polar surface area (TPSA) is 99.6 Å². The number of aryl methyl sites for hydroxylation is 1. The summed E-state index contributed by atoms with van der Waals surface area (Å²) in [5.41, 5.74) is 4.58. The maximum absolute atomic E-state index is 11.4. The van der Waals surface area contributed by atoms with Crippen LogP contribution in [0.25, 0.3) is 22.5 Å². The standard InChI is InChI=1S/C19H19N5O2/c1-11(14-6-7-16-17(9-14)22-19(25)21-16)20-10-13-4-3-5-15(8-13)18-24-23-12(2)26-18/h3-9,11,20H,10H2,1-2H3,(H2,21,22,25). The summed E-state index contributed by atoms with van der Waals surface area (Å²) in [5, 5.41) is 11.4. The van der Waals surface area contributed by atoms with Crippen molar-refractivity contribution in [3.05, 3.63) is 70.0 Å². The van der Waals surface area contributed by atoms with Crippen LogP contribution in [0.2, 0.25) is 0 Å². The lowest BCUT2D eigenvalue weighted by Crippen LogP contribution is -2.18. The predicted octanol–water partition coefficient (Wildman–Crippen LogP) is 3.07. The molecular weight excluding hydrogens is 330 g/mol. The highest BCUT2D eigenvalue weighted by atomic mass is 16.4. The number of hydrogen-bond acceptors (Lipinski definition) is 5. The molecule has 7 nitrogen and oxygen atoms in total. The Bertz CT molecular complexity index is 1110. The Labute approximate surface area is 149 Å². The molecule has 0 saturated heterocycles. The van der Waals surface area contributed by atoms with Crippen LogP contribution < -0.4 is 11.0 Å². The van der Waals surface area contributed by atoms with Crippen LogP contribution in [0.3, 0.4) is 0 Å². The molecular formula is C19H19N5O2. The van der Waals surface area contributed by atoms with Crippen molar-refractivity contribution in [3.8, 4) is 11.5 Å². The number of H-pyrrole nitrogens is 2. The van der Waals surface area contributed by atoms with Gasteiger partial charge in [0.2, 0.25) is 11.8 Å². The van der Waals surface area contributed by atoms with Crippen molar-refractivity contribution in [2.24, 2.45) is 0 Å². The van der Waals surface area contributed by atoms with Crippen molar-refractivity contribution in [3.63, 3.8) is 0 Å². The van der Waals surface area contributed by atoms with Crippen LogP contribution in [-0.2, 0) is 6.54 Å². The third-order valence-electron chi connectivity index (χ3n) is 4.35. The summed E-state index contributed by atoms with van der Waals surface area (Å²) < 4.78 is 5.49. The monoisotopic (exact) mass is 349 g/mol. The molecule has 2 aromatic carbocycles. The summed E-state index contributed by atoms with van der Waals surface area (Å²) in [6.45, 7) is 4.57. The van der Waals surface area contributed by atoms with Gasteiger partial charge in [0, 0.05) is 25.1 Å². The highest BCUT2D eigenvalue weighted by molar-refractivity contribution is 5.75.